The highest BCUT2D eigenvalue weighted by atomic mass is 16.7. The van der Waals surface area contributed by atoms with Gasteiger partial charge in [0.15, 0.2) is 11.5 Å². The third-order valence-electron chi connectivity index (χ3n) is 3.75. The molecule has 0 aliphatic carbocycles. The molecule has 24 heavy (non-hydrogen) atoms. The van der Waals surface area contributed by atoms with Gasteiger partial charge in [-0.3, -0.25) is 14.9 Å². The molecule has 3 rings (SSSR count). The highest BCUT2D eigenvalue weighted by Gasteiger charge is 2.20. The zero-order chi connectivity index (χ0) is 17.3. The highest BCUT2D eigenvalue weighted by Crippen LogP contribution is 2.36. The van der Waals surface area contributed by atoms with E-state index >= 15 is 0 Å². The van der Waals surface area contributed by atoms with Gasteiger partial charge in [0.25, 0.3) is 5.69 Å². The fourth-order valence-corrected chi connectivity index (χ4v) is 2.46. The van der Waals surface area contributed by atoms with E-state index in [4.69, 9.17) is 15.2 Å². The Morgan fingerprint density at radius 1 is 1.25 bits per heavy atom. The Kier molecular flexibility index (Phi) is 3.95. The first kappa shape index (κ1) is 15.6. The lowest BCUT2D eigenvalue weighted by molar-refractivity contribution is -0.384. The Bertz CT molecular complexity index is 821. The van der Waals surface area contributed by atoms with Crippen molar-refractivity contribution < 1.29 is 19.2 Å². The van der Waals surface area contributed by atoms with Gasteiger partial charge < -0.3 is 20.5 Å². The Hall–Kier alpha value is -3.29. The maximum absolute atomic E-state index is 11.2. The summed E-state index contributed by atoms with van der Waals surface area (Å²) in [6.07, 6.45) is 0. The van der Waals surface area contributed by atoms with E-state index in [2.05, 4.69) is 5.32 Å². The van der Waals surface area contributed by atoms with Crippen molar-refractivity contribution in [3.8, 4) is 11.5 Å². The van der Waals surface area contributed by atoms with Crippen LogP contribution in [0.3, 0.4) is 0 Å². The number of nitrogens with one attached hydrogen (secondary N) is 1. The van der Waals surface area contributed by atoms with E-state index in [1.165, 1.54) is 12.1 Å². The molecule has 2 aromatic rings. The average molecular weight is 329 g/mol. The molecule has 8 nitrogen and oxygen atoms in total. The number of benzene rings is 2. The number of nitro benzene ring substituents is 1. The third-order valence-corrected chi connectivity index (χ3v) is 3.75. The van der Waals surface area contributed by atoms with Gasteiger partial charge in [-0.05, 0) is 36.8 Å². The van der Waals surface area contributed by atoms with Gasteiger partial charge in [0.05, 0.1) is 4.92 Å². The van der Waals surface area contributed by atoms with Crippen molar-refractivity contribution in [2.45, 2.75) is 13.0 Å². The summed E-state index contributed by atoms with van der Waals surface area (Å²) < 4.78 is 10.6. The molecule has 0 radical (unpaired) electrons. The van der Waals surface area contributed by atoms with E-state index in [-0.39, 0.29) is 24.1 Å². The van der Waals surface area contributed by atoms with E-state index in [9.17, 15) is 14.9 Å². The third kappa shape index (κ3) is 2.94. The number of rotatable bonds is 5. The van der Waals surface area contributed by atoms with Crippen molar-refractivity contribution in [2.24, 2.45) is 5.73 Å². The van der Waals surface area contributed by atoms with Gasteiger partial charge in [-0.25, -0.2) is 0 Å². The van der Waals surface area contributed by atoms with Crippen LogP contribution in [0.15, 0.2) is 36.4 Å². The molecule has 1 aliphatic rings. The zero-order valence-corrected chi connectivity index (χ0v) is 12.8. The van der Waals surface area contributed by atoms with Crippen LogP contribution in [0.4, 0.5) is 11.4 Å². The van der Waals surface area contributed by atoms with E-state index in [0.717, 1.165) is 11.6 Å². The number of primary amides is 1. The number of amides is 1. The predicted octanol–water partition coefficient (Wildman–Crippen LogP) is 2.60. The van der Waals surface area contributed by atoms with Crippen LogP contribution in [0.1, 0.15) is 28.9 Å². The number of carbonyl (C=O) groups excluding carboxylic acids is 1. The molecule has 0 fully saturated rings. The summed E-state index contributed by atoms with van der Waals surface area (Å²) >= 11 is 0. The van der Waals surface area contributed by atoms with Crippen LogP contribution in [-0.2, 0) is 0 Å². The summed E-state index contributed by atoms with van der Waals surface area (Å²) in [7, 11) is 0. The minimum atomic E-state index is -0.714. The molecule has 0 saturated carbocycles. The van der Waals surface area contributed by atoms with Crippen molar-refractivity contribution in [3.63, 3.8) is 0 Å². The summed E-state index contributed by atoms with van der Waals surface area (Å²) in [5.74, 6) is 0.593. The molecular weight excluding hydrogens is 314 g/mol. The van der Waals surface area contributed by atoms with E-state index < -0.39 is 10.8 Å². The van der Waals surface area contributed by atoms with Crippen molar-refractivity contribution >= 4 is 17.3 Å². The molecule has 8 heteroatoms. The van der Waals surface area contributed by atoms with E-state index in [1.54, 1.807) is 6.07 Å². The fourth-order valence-electron chi connectivity index (χ4n) is 2.46. The van der Waals surface area contributed by atoms with Gasteiger partial charge in [-0.15, -0.1) is 0 Å². The second kappa shape index (κ2) is 6.07. The highest BCUT2D eigenvalue weighted by molar-refractivity contribution is 5.94. The lowest BCUT2D eigenvalue weighted by Gasteiger charge is -2.16. The lowest BCUT2D eigenvalue weighted by Crippen LogP contribution is -2.13. The number of anilines is 1. The molecule has 1 unspecified atom stereocenters. The summed E-state index contributed by atoms with van der Waals surface area (Å²) in [6, 6.07) is 9.33. The second-order valence-corrected chi connectivity index (χ2v) is 5.33. The van der Waals surface area contributed by atoms with E-state index in [1.807, 2.05) is 19.1 Å². The van der Waals surface area contributed by atoms with E-state index in [0.29, 0.717) is 17.2 Å². The summed E-state index contributed by atoms with van der Waals surface area (Å²) in [6.45, 7) is 2.05. The normalized spacial score (nSPS) is 13.4. The standard InChI is InChI=1S/C16H15N3O5/c1-9(10-3-5-14-15(7-10)24-8-23-14)18-12-4-2-11(16(17)20)6-13(12)19(21)22/h2-7,9,18H,8H2,1H3,(H2,17,20). The summed E-state index contributed by atoms with van der Waals surface area (Å²) in [5.41, 5.74) is 6.23. The molecule has 1 heterocycles. The second-order valence-electron chi connectivity index (χ2n) is 5.33. The fraction of sp³-hybridized carbons (Fsp3) is 0.188. The molecule has 3 N–H and O–H groups in total. The molecule has 0 spiro atoms. The number of fused-ring (bicyclic) bond motifs is 1. The zero-order valence-electron chi connectivity index (χ0n) is 12.8. The van der Waals surface area contributed by atoms with Gasteiger partial charge in [0.1, 0.15) is 5.69 Å². The number of nitrogens with zero attached hydrogens (tertiary/aromatic N) is 1. The Morgan fingerprint density at radius 3 is 2.71 bits per heavy atom. The van der Waals surface area contributed by atoms with Gasteiger partial charge >= 0.3 is 0 Å². The predicted molar refractivity (Wildman–Crippen MR) is 86.2 cm³/mol. The van der Waals surface area contributed by atoms with Crippen LogP contribution >= 0.6 is 0 Å². The molecule has 1 atom stereocenters. The topological polar surface area (TPSA) is 117 Å². The molecule has 0 bridgehead atoms. The number of hydrogen-bond donors (Lipinski definition) is 2. The number of ether oxygens (including phenoxy) is 2. The maximum Gasteiger partial charge on any atom is 0.293 e. The molecule has 1 aliphatic heterocycles. The van der Waals surface area contributed by atoms with Gasteiger partial charge in [0, 0.05) is 17.7 Å². The van der Waals surface area contributed by atoms with Crippen LogP contribution in [0.25, 0.3) is 0 Å². The van der Waals surface area contributed by atoms with Gasteiger partial charge in [-0.1, -0.05) is 6.07 Å². The summed E-state index contributed by atoms with van der Waals surface area (Å²) in [4.78, 5) is 21.9. The quantitative estimate of drug-likeness (QED) is 0.643. The minimum Gasteiger partial charge on any atom is -0.454 e. The first-order valence-corrected chi connectivity index (χ1v) is 7.20. The molecular formula is C16H15N3O5. The Labute approximate surface area is 137 Å². The van der Waals surface area contributed by atoms with Crippen molar-refractivity contribution in [1.29, 1.82) is 0 Å². The largest absolute Gasteiger partial charge is 0.454 e. The number of nitrogens with two attached hydrogens (primary N) is 1. The average Bonchev–Trinajstić information content (AvgIpc) is 3.02. The van der Waals surface area contributed by atoms with Gasteiger partial charge in [0.2, 0.25) is 12.7 Å². The number of carbonyl (C=O) groups is 1. The first-order chi connectivity index (χ1) is 11.5. The van der Waals surface area contributed by atoms with Gasteiger partial charge in [-0.2, -0.15) is 0 Å². The molecule has 2 aromatic carbocycles. The van der Waals surface area contributed by atoms with Crippen molar-refractivity contribution in [3.05, 3.63) is 57.6 Å². The Balaban J connectivity index is 1.87. The number of hydrogen-bond acceptors (Lipinski definition) is 6. The van der Waals surface area contributed by atoms with Crippen LogP contribution in [0, 0.1) is 10.1 Å². The van der Waals surface area contributed by atoms with Crippen LogP contribution in [0.2, 0.25) is 0 Å². The van der Waals surface area contributed by atoms with Crippen LogP contribution in [-0.4, -0.2) is 17.6 Å². The summed E-state index contributed by atoms with van der Waals surface area (Å²) in [5, 5.41) is 14.3. The first-order valence-electron chi connectivity index (χ1n) is 7.20. The maximum atomic E-state index is 11.2. The smallest absolute Gasteiger partial charge is 0.293 e. The molecule has 124 valence electrons. The molecule has 1 amide bonds. The minimum absolute atomic E-state index is 0.0861. The monoisotopic (exact) mass is 329 g/mol. The molecule has 0 saturated heterocycles. The lowest BCUT2D eigenvalue weighted by atomic mass is 10.1. The van der Waals surface area contributed by atoms with Crippen molar-refractivity contribution in [1.82, 2.24) is 0 Å². The SMILES string of the molecule is CC(Nc1ccc(C(N)=O)cc1[N+](=O)[O-])c1ccc2c(c1)OCO2. The van der Waals surface area contributed by atoms with Crippen molar-refractivity contribution in [2.75, 3.05) is 12.1 Å². The van der Waals surface area contributed by atoms with Crippen LogP contribution in [0.5, 0.6) is 11.5 Å². The van der Waals surface area contributed by atoms with Crippen LogP contribution < -0.4 is 20.5 Å². The Morgan fingerprint density at radius 2 is 2.00 bits per heavy atom. The number of nitro groups is 1. The molecule has 0 aromatic heterocycles.